The number of nitrogens with one attached hydrogen (secondary N) is 1. The van der Waals surface area contributed by atoms with E-state index in [9.17, 15) is 4.79 Å². The summed E-state index contributed by atoms with van der Waals surface area (Å²) in [5, 5.41) is 3.34. The van der Waals surface area contributed by atoms with Crippen molar-refractivity contribution in [1.29, 1.82) is 0 Å². The maximum absolute atomic E-state index is 12.6. The van der Waals surface area contributed by atoms with Crippen LogP contribution in [0.25, 0.3) is 0 Å². The number of carbonyl (C=O) groups is 1. The second-order valence-electron chi connectivity index (χ2n) is 5.55. The summed E-state index contributed by atoms with van der Waals surface area (Å²) < 4.78 is 5.35. The molecular weight excluding hydrogens is 264 g/mol. The maximum atomic E-state index is 12.6. The molecule has 4 nitrogen and oxygen atoms in total. The van der Waals surface area contributed by atoms with Gasteiger partial charge in [0.05, 0.1) is 7.11 Å². The molecule has 1 atom stereocenters. The highest BCUT2D eigenvalue weighted by molar-refractivity contribution is 5.77. The third kappa shape index (κ3) is 4.21. The Balaban J connectivity index is 1.95. The van der Waals surface area contributed by atoms with Crippen LogP contribution < -0.4 is 10.1 Å². The Bertz CT molecular complexity index is 456. The van der Waals surface area contributed by atoms with Gasteiger partial charge >= 0.3 is 0 Å². The Morgan fingerprint density at radius 3 is 2.90 bits per heavy atom. The molecular formula is C17H26N2O2. The summed E-state index contributed by atoms with van der Waals surface area (Å²) >= 11 is 0. The molecule has 0 aromatic heterocycles. The number of rotatable bonds is 7. The molecule has 1 N–H and O–H groups in total. The van der Waals surface area contributed by atoms with E-state index in [0.29, 0.717) is 12.5 Å². The Morgan fingerprint density at radius 1 is 1.43 bits per heavy atom. The Morgan fingerprint density at radius 2 is 2.24 bits per heavy atom. The van der Waals surface area contributed by atoms with Crippen molar-refractivity contribution in [2.24, 2.45) is 0 Å². The summed E-state index contributed by atoms with van der Waals surface area (Å²) in [5.41, 5.74) is 1.11. The van der Waals surface area contributed by atoms with E-state index >= 15 is 0 Å². The second-order valence-corrected chi connectivity index (χ2v) is 5.55. The fraction of sp³-hybridized carbons (Fsp3) is 0.588. The summed E-state index contributed by atoms with van der Waals surface area (Å²) in [6.45, 7) is 4.94. The number of nitrogens with zero attached hydrogens (tertiary/aromatic N) is 1. The number of hydrogen-bond donors (Lipinski definition) is 1. The van der Waals surface area contributed by atoms with E-state index in [0.717, 1.165) is 50.2 Å². The van der Waals surface area contributed by atoms with Gasteiger partial charge in [0.1, 0.15) is 5.75 Å². The molecule has 1 aliphatic heterocycles. The van der Waals surface area contributed by atoms with Crippen LogP contribution in [0.2, 0.25) is 0 Å². The van der Waals surface area contributed by atoms with Crippen LogP contribution in [0.5, 0.6) is 5.75 Å². The molecule has 1 aromatic rings. The molecule has 0 aliphatic carbocycles. The van der Waals surface area contributed by atoms with Gasteiger partial charge in [-0.05, 0) is 37.4 Å². The lowest BCUT2D eigenvalue weighted by molar-refractivity contribution is -0.133. The topological polar surface area (TPSA) is 41.6 Å². The molecule has 1 saturated heterocycles. The van der Waals surface area contributed by atoms with Crippen molar-refractivity contribution < 1.29 is 9.53 Å². The highest BCUT2D eigenvalue weighted by Crippen LogP contribution is 2.20. The predicted octanol–water partition coefficient (Wildman–Crippen LogP) is 2.23. The Labute approximate surface area is 127 Å². The van der Waals surface area contributed by atoms with E-state index in [1.165, 1.54) is 0 Å². The van der Waals surface area contributed by atoms with Gasteiger partial charge in [0.2, 0.25) is 5.91 Å². The zero-order chi connectivity index (χ0) is 15.1. The minimum atomic E-state index is 0.261. The minimum Gasteiger partial charge on any atom is -0.496 e. The van der Waals surface area contributed by atoms with Crippen LogP contribution in [0.3, 0.4) is 0 Å². The molecule has 4 heteroatoms. The number of para-hydroxylation sites is 1. The average Bonchev–Trinajstić information content (AvgIpc) is 3.04. The fourth-order valence-electron chi connectivity index (χ4n) is 2.95. The van der Waals surface area contributed by atoms with Gasteiger partial charge in [0, 0.05) is 25.6 Å². The minimum absolute atomic E-state index is 0.261. The highest BCUT2D eigenvalue weighted by Gasteiger charge is 2.25. The van der Waals surface area contributed by atoms with Crippen molar-refractivity contribution >= 4 is 5.91 Å². The van der Waals surface area contributed by atoms with Crippen LogP contribution >= 0.6 is 0 Å². The maximum Gasteiger partial charge on any atom is 0.223 e. The van der Waals surface area contributed by atoms with Gasteiger partial charge in [-0.3, -0.25) is 4.79 Å². The van der Waals surface area contributed by atoms with Gasteiger partial charge in [-0.2, -0.15) is 0 Å². The number of hydrogen-bond acceptors (Lipinski definition) is 3. The molecule has 0 bridgehead atoms. The van der Waals surface area contributed by atoms with Crippen molar-refractivity contribution in [3.63, 3.8) is 0 Å². The van der Waals surface area contributed by atoms with E-state index in [1.807, 2.05) is 24.3 Å². The van der Waals surface area contributed by atoms with Crippen molar-refractivity contribution in [2.75, 3.05) is 26.7 Å². The number of methoxy groups -OCH3 is 1. The molecule has 0 spiro atoms. The molecule has 0 saturated carbocycles. The van der Waals surface area contributed by atoms with Crippen molar-refractivity contribution in [3.8, 4) is 5.75 Å². The first-order chi connectivity index (χ1) is 10.3. The first-order valence-corrected chi connectivity index (χ1v) is 7.88. The van der Waals surface area contributed by atoms with Gasteiger partial charge in [0.25, 0.3) is 0 Å². The van der Waals surface area contributed by atoms with E-state index in [2.05, 4.69) is 17.1 Å². The molecule has 1 heterocycles. The second kappa shape index (κ2) is 8.03. The van der Waals surface area contributed by atoms with Crippen molar-refractivity contribution in [1.82, 2.24) is 10.2 Å². The molecule has 2 rings (SSSR count). The molecule has 0 unspecified atom stereocenters. The molecule has 1 aromatic carbocycles. The van der Waals surface area contributed by atoms with E-state index < -0.39 is 0 Å². The molecule has 116 valence electrons. The van der Waals surface area contributed by atoms with Crippen LogP contribution in [-0.4, -0.2) is 43.6 Å². The van der Waals surface area contributed by atoms with E-state index in [-0.39, 0.29) is 5.91 Å². The first-order valence-electron chi connectivity index (χ1n) is 7.88. The third-order valence-corrected chi connectivity index (χ3v) is 4.06. The Hall–Kier alpha value is -1.55. The zero-order valence-electron chi connectivity index (χ0n) is 13.1. The summed E-state index contributed by atoms with van der Waals surface area (Å²) in [7, 11) is 1.67. The largest absolute Gasteiger partial charge is 0.496 e. The molecule has 1 fully saturated rings. The lowest BCUT2D eigenvalue weighted by Crippen LogP contribution is -2.42. The number of benzene rings is 1. The van der Waals surface area contributed by atoms with E-state index in [4.69, 9.17) is 4.74 Å². The quantitative estimate of drug-likeness (QED) is 0.837. The molecule has 21 heavy (non-hydrogen) atoms. The summed E-state index contributed by atoms with van der Waals surface area (Å²) in [6, 6.07) is 8.30. The molecule has 1 amide bonds. The first kappa shape index (κ1) is 15.8. The smallest absolute Gasteiger partial charge is 0.223 e. The summed E-state index contributed by atoms with van der Waals surface area (Å²) in [5.74, 6) is 1.13. The standard InChI is InChI=1S/C17H26N2O2/c1-3-12-19(15-10-11-18-13-15)17(20)9-8-14-6-4-5-7-16(14)21-2/h4-7,15,18H,3,8-13H2,1-2H3/t15-/m0/s1. The zero-order valence-corrected chi connectivity index (χ0v) is 13.1. The van der Waals surface area contributed by atoms with Crippen molar-refractivity contribution in [3.05, 3.63) is 29.8 Å². The summed E-state index contributed by atoms with van der Waals surface area (Å²) in [4.78, 5) is 14.6. The number of amides is 1. The SMILES string of the molecule is CCCN(C(=O)CCc1ccccc1OC)[C@H]1CCNC1. The number of carbonyl (C=O) groups excluding carboxylic acids is 1. The normalized spacial score (nSPS) is 17.7. The van der Waals surface area contributed by atoms with Gasteiger partial charge in [-0.25, -0.2) is 0 Å². The average molecular weight is 290 g/mol. The third-order valence-electron chi connectivity index (χ3n) is 4.06. The summed E-state index contributed by atoms with van der Waals surface area (Å²) in [6.07, 6.45) is 3.37. The van der Waals surface area contributed by atoms with Crippen LogP contribution in [0, 0.1) is 0 Å². The van der Waals surface area contributed by atoms with Crippen LogP contribution in [0.15, 0.2) is 24.3 Å². The monoisotopic (exact) mass is 290 g/mol. The van der Waals surface area contributed by atoms with Gasteiger partial charge in [0.15, 0.2) is 0 Å². The van der Waals surface area contributed by atoms with Gasteiger partial charge in [-0.15, -0.1) is 0 Å². The van der Waals surface area contributed by atoms with Gasteiger partial charge in [-0.1, -0.05) is 25.1 Å². The lowest BCUT2D eigenvalue weighted by Gasteiger charge is -2.28. The fourth-order valence-corrected chi connectivity index (χ4v) is 2.95. The lowest BCUT2D eigenvalue weighted by atomic mass is 10.1. The van der Waals surface area contributed by atoms with Crippen LogP contribution in [0.4, 0.5) is 0 Å². The molecule has 1 aliphatic rings. The van der Waals surface area contributed by atoms with Crippen LogP contribution in [0.1, 0.15) is 31.7 Å². The number of aryl methyl sites for hydroxylation is 1. The van der Waals surface area contributed by atoms with Crippen LogP contribution in [-0.2, 0) is 11.2 Å². The molecule has 0 radical (unpaired) electrons. The van der Waals surface area contributed by atoms with E-state index in [1.54, 1.807) is 7.11 Å². The predicted molar refractivity (Wildman–Crippen MR) is 84.6 cm³/mol. The Kier molecular flexibility index (Phi) is 6.05. The van der Waals surface area contributed by atoms with Gasteiger partial charge < -0.3 is 15.0 Å². The highest BCUT2D eigenvalue weighted by atomic mass is 16.5. The number of ether oxygens (including phenoxy) is 1. The van der Waals surface area contributed by atoms with Crippen molar-refractivity contribution in [2.45, 2.75) is 38.6 Å².